The summed E-state index contributed by atoms with van der Waals surface area (Å²) in [6.07, 6.45) is 0.550. The zero-order valence-electron chi connectivity index (χ0n) is 14.5. The molecule has 2 heterocycles. The number of benzene rings is 1. The summed E-state index contributed by atoms with van der Waals surface area (Å²) in [5.74, 6) is 0.491. The monoisotopic (exact) mass is 365 g/mol. The molecule has 2 amide bonds. The summed E-state index contributed by atoms with van der Waals surface area (Å²) < 4.78 is 13.5. The number of carbonyl (C=O) groups excluding carboxylic acids is 2. The van der Waals surface area contributed by atoms with Crippen LogP contribution in [0, 0.1) is 5.82 Å². The van der Waals surface area contributed by atoms with Gasteiger partial charge in [0.2, 0.25) is 11.8 Å². The van der Waals surface area contributed by atoms with Crippen molar-refractivity contribution >= 4 is 23.6 Å². The van der Waals surface area contributed by atoms with Gasteiger partial charge in [0.05, 0.1) is 5.75 Å². The van der Waals surface area contributed by atoms with Gasteiger partial charge in [-0.05, 0) is 17.7 Å². The maximum atomic E-state index is 13.5. The summed E-state index contributed by atoms with van der Waals surface area (Å²) in [5.41, 5.74) is 0.842. The third-order valence-corrected chi connectivity index (χ3v) is 6.04. The van der Waals surface area contributed by atoms with E-state index in [1.807, 2.05) is 22.8 Å². The molecular weight excluding hydrogens is 341 g/mol. The Bertz CT molecular complexity index is 635. The van der Waals surface area contributed by atoms with Crippen molar-refractivity contribution in [3.63, 3.8) is 0 Å². The molecule has 1 aromatic rings. The van der Waals surface area contributed by atoms with Gasteiger partial charge in [-0.3, -0.25) is 14.5 Å². The van der Waals surface area contributed by atoms with Crippen molar-refractivity contribution in [3.8, 4) is 0 Å². The van der Waals surface area contributed by atoms with Crippen molar-refractivity contribution in [3.05, 3.63) is 35.6 Å². The molecule has 3 rings (SSSR count). The van der Waals surface area contributed by atoms with Crippen LogP contribution >= 0.6 is 11.8 Å². The Hall–Kier alpha value is -1.60. The largest absolute Gasteiger partial charge is 0.340 e. The van der Waals surface area contributed by atoms with Gasteiger partial charge in [0.15, 0.2) is 0 Å². The normalized spacial score (nSPS) is 21.8. The number of thioether (sulfide) groups is 1. The zero-order chi connectivity index (χ0) is 17.8. The molecule has 0 radical (unpaired) electrons. The van der Waals surface area contributed by atoms with Crippen molar-refractivity contribution in [1.82, 2.24) is 14.7 Å². The second-order valence-electron chi connectivity index (χ2n) is 6.38. The molecule has 1 atom stereocenters. The molecule has 2 saturated heterocycles. The second-order valence-corrected chi connectivity index (χ2v) is 7.45. The zero-order valence-corrected chi connectivity index (χ0v) is 15.3. The van der Waals surface area contributed by atoms with E-state index in [-0.39, 0.29) is 23.0 Å². The van der Waals surface area contributed by atoms with E-state index >= 15 is 0 Å². The predicted octanol–water partition coefficient (Wildman–Crippen LogP) is 1.95. The van der Waals surface area contributed by atoms with E-state index in [4.69, 9.17) is 0 Å². The number of hydrogen-bond acceptors (Lipinski definition) is 4. The summed E-state index contributed by atoms with van der Waals surface area (Å²) in [7, 11) is 0. The minimum Gasteiger partial charge on any atom is -0.340 e. The average molecular weight is 365 g/mol. The van der Waals surface area contributed by atoms with Crippen LogP contribution in [0.4, 0.5) is 4.39 Å². The first-order valence-electron chi connectivity index (χ1n) is 8.75. The number of piperazine rings is 1. The molecule has 2 aliphatic rings. The minimum atomic E-state index is -0.269. The highest BCUT2D eigenvalue weighted by Gasteiger charge is 2.33. The molecule has 2 fully saturated rings. The number of carbonyl (C=O) groups is 2. The standard InChI is InChI=1S/C18H24FN3O2S/c1-2-16(23)21-9-6-20(7-10-21)8-11-22-17(24)13-25-18(22)14-4-3-5-15(19)12-14/h3-5,12,18H,2,6-11,13H2,1H3/t18-/m1/s1. The van der Waals surface area contributed by atoms with E-state index in [0.29, 0.717) is 18.7 Å². The van der Waals surface area contributed by atoms with Crippen LogP contribution in [0.1, 0.15) is 24.3 Å². The Morgan fingerprint density at radius 3 is 2.68 bits per heavy atom. The first-order valence-corrected chi connectivity index (χ1v) is 9.80. The molecule has 0 N–H and O–H groups in total. The third-order valence-electron chi connectivity index (χ3n) is 4.79. The van der Waals surface area contributed by atoms with E-state index in [0.717, 1.165) is 38.3 Å². The maximum absolute atomic E-state index is 13.5. The fourth-order valence-corrected chi connectivity index (χ4v) is 4.53. The van der Waals surface area contributed by atoms with Crippen LogP contribution in [0.15, 0.2) is 24.3 Å². The lowest BCUT2D eigenvalue weighted by atomic mass is 10.2. The fraction of sp³-hybridized carbons (Fsp3) is 0.556. The van der Waals surface area contributed by atoms with E-state index in [2.05, 4.69) is 4.90 Å². The first-order chi connectivity index (χ1) is 12.1. The summed E-state index contributed by atoms with van der Waals surface area (Å²) in [5, 5.41) is -0.105. The number of hydrogen-bond donors (Lipinski definition) is 0. The van der Waals surface area contributed by atoms with Gasteiger partial charge in [0, 0.05) is 45.7 Å². The molecule has 0 aromatic heterocycles. The van der Waals surface area contributed by atoms with E-state index < -0.39 is 0 Å². The van der Waals surface area contributed by atoms with Crippen LogP contribution in [-0.4, -0.2) is 71.5 Å². The first kappa shape index (κ1) is 18.2. The fourth-order valence-electron chi connectivity index (χ4n) is 3.33. The molecule has 0 spiro atoms. The van der Waals surface area contributed by atoms with Crippen LogP contribution in [0.3, 0.4) is 0 Å². The van der Waals surface area contributed by atoms with Crippen molar-refractivity contribution in [2.45, 2.75) is 18.7 Å². The summed E-state index contributed by atoms with van der Waals surface area (Å²) in [6, 6.07) is 6.50. The Kier molecular flexibility index (Phi) is 5.96. The van der Waals surface area contributed by atoms with Crippen molar-refractivity contribution in [1.29, 1.82) is 0 Å². The van der Waals surface area contributed by atoms with Gasteiger partial charge in [-0.15, -0.1) is 11.8 Å². The second kappa shape index (κ2) is 8.19. The summed E-state index contributed by atoms with van der Waals surface area (Å²) in [4.78, 5) is 30.0. The van der Waals surface area contributed by atoms with E-state index in [9.17, 15) is 14.0 Å². The molecule has 0 aliphatic carbocycles. The lowest BCUT2D eigenvalue weighted by Gasteiger charge is -2.36. The molecule has 0 unspecified atom stereocenters. The Labute approximate surface area is 152 Å². The molecular formula is C18H24FN3O2S. The van der Waals surface area contributed by atoms with Crippen molar-refractivity contribution in [2.24, 2.45) is 0 Å². The number of halogens is 1. The van der Waals surface area contributed by atoms with Gasteiger partial charge < -0.3 is 9.80 Å². The van der Waals surface area contributed by atoms with E-state index in [1.165, 1.54) is 12.1 Å². The Morgan fingerprint density at radius 2 is 2.00 bits per heavy atom. The lowest BCUT2D eigenvalue weighted by molar-refractivity contribution is -0.132. The molecule has 0 bridgehead atoms. The van der Waals surface area contributed by atoms with Crippen molar-refractivity contribution < 1.29 is 14.0 Å². The Morgan fingerprint density at radius 1 is 1.24 bits per heavy atom. The molecule has 7 heteroatoms. The minimum absolute atomic E-state index is 0.105. The van der Waals surface area contributed by atoms with Gasteiger partial charge in [-0.2, -0.15) is 0 Å². The van der Waals surface area contributed by atoms with Gasteiger partial charge in [-0.1, -0.05) is 19.1 Å². The molecule has 1 aromatic carbocycles. The van der Waals surface area contributed by atoms with Gasteiger partial charge in [0.1, 0.15) is 11.2 Å². The topological polar surface area (TPSA) is 43.9 Å². The summed E-state index contributed by atoms with van der Waals surface area (Å²) >= 11 is 1.55. The summed E-state index contributed by atoms with van der Waals surface area (Å²) in [6.45, 7) is 6.49. The third kappa shape index (κ3) is 4.33. The van der Waals surface area contributed by atoms with Crippen LogP contribution in [0.25, 0.3) is 0 Å². The van der Waals surface area contributed by atoms with Crippen molar-refractivity contribution in [2.75, 3.05) is 45.0 Å². The van der Waals surface area contributed by atoms with Gasteiger partial charge in [-0.25, -0.2) is 4.39 Å². The molecule has 136 valence electrons. The number of nitrogens with zero attached hydrogens (tertiary/aromatic N) is 3. The average Bonchev–Trinajstić information content (AvgIpc) is 3.00. The highest BCUT2D eigenvalue weighted by molar-refractivity contribution is 8.00. The van der Waals surface area contributed by atoms with E-state index in [1.54, 1.807) is 17.8 Å². The predicted molar refractivity (Wildman–Crippen MR) is 96.6 cm³/mol. The van der Waals surface area contributed by atoms with Crippen LogP contribution < -0.4 is 0 Å². The SMILES string of the molecule is CCC(=O)N1CCN(CCN2C(=O)CS[C@@H]2c2cccc(F)c2)CC1. The quantitative estimate of drug-likeness (QED) is 0.800. The van der Waals surface area contributed by atoms with Crippen LogP contribution in [-0.2, 0) is 9.59 Å². The maximum Gasteiger partial charge on any atom is 0.233 e. The highest BCUT2D eigenvalue weighted by atomic mass is 32.2. The molecule has 5 nitrogen and oxygen atoms in total. The van der Waals surface area contributed by atoms with Gasteiger partial charge in [0.25, 0.3) is 0 Å². The highest BCUT2D eigenvalue weighted by Crippen LogP contribution is 2.38. The van der Waals surface area contributed by atoms with Gasteiger partial charge >= 0.3 is 0 Å². The number of amides is 2. The molecule has 2 aliphatic heterocycles. The smallest absolute Gasteiger partial charge is 0.233 e. The lowest BCUT2D eigenvalue weighted by Crippen LogP contribution is -2.50. The molecule has 0 saturated carbocycles. The van der Waals surface area contributed by atoms with Crippen LogP contribution in [0.5, 0.6) is 0 Å². The molecule has 25 heavy (non-hydrogen) atoms. The van der Waals surface area contributed by atoms with Crippen LogP contribution in [0.2, 0.25) is 0 Å². The number of rotatable bonds is 5. The Balaban J connectivity index is 1.55.